The summed E-state index contributed by atoms with van der Waals surface area (Å²) in [6.45, 7) is 6.87. The molecule has 0 aliphatic carbocycles. The fourth-order valence-electron chi connectivity index (χ4n) is 3.35. The first-order chi connectivity index (χ1) is 12.9. The number of rotatable bonds is 4. The first kappa shape index (κ1) is 19.4. The number of benzene rings is 2. The highest BCUT2D eigenvalue weighted by Crippen LogP contribution is 2.20. The van der Waals surface area contributed by atoms with Gasteiger partial charge in [0.25, 0.3) is 5.91 Å². The van der Waals surface area contributed by atoms with Gasteiger partial charge < -0.3 is 10.2 Å². The van der Waals surface area contributed by atoms with E-state index in [9.17, 15) is 9.59 Å². The van der Waals surface area contributed by atoms with Crippen LogP contribution in [0.3, 0.4) is 0 Å². The highest BCUT2D eigenvalue weighted by atomic mass is 35.5. The van der Waals surface area contributed by atoms with Crippen molar-refractivity contribution in [1.82, 2.24) is 9.80 Å². The number of hydrogen-bond acceptors (Lipinski definition) is 3. The molecule has 0 saturated carbocycles. The van der Waals surface area contributed by atoms with Crippen LogP contribution in [-0.4, -0.2) is 54.3 Å². The molecule has 142 valence electrons. The molecule has 2 aromatic carbocycles. The Bertz CT molecular complexity index is 825. The second-order valence-corrected chi connectivity index (χ2v) is 7.38. The van der Waals surface area contributed by atoms with Crippen LogP contribution in [0.4, 0.5) is 5.69 Å². The molecular weight excluding hydrogens is 362 g/mol. The van der Waals surface area contributed by atoms with Crippen molar-refractivity contribution in [2.24, 2.45) is 0 Å². The Kier molecular flexibility index (Phi) is 6.14. The number of hydrogen-bond donors (Lipinski definition) is 1. The fraction of sp³-hybridized carbons (Fsp3) is 0.333. The summed E-state index contributed by atoms with van der Waals surface area (Å²) in [6, 6.07) is 13.1. The molecule has 1 aliphatic rings. The van der Waals surface area contributed by atoms with Gasteiger partial charge in [0, 0.05) is 31.7 Å². The summed E-state index contributed by atoms with van der Waals surface area (Å²) in [5.41, 5.74) is 3.53. The zero-order chi connectivity index (χ0) is 19.4. The second kappa shape index (κ2) is 8.55. The monoisotopic (exact) mass is 385 g/mol. The standard InChI is InChI=1S/C21H24ClN3O2/c1-15-11-16(2)13-17(12-15)21(27)25-9-7-24(8-10-25)14-20(26)23-19-6-4-3-5-18(19)22/h3-6,11-13H,7-10,14H2,1-2H3,(H,23,26). The molecule has 3 rings (SSSR count). The van der Waals surface area contributed by atoms with E-state index in [0.29, 0.717) is 36.9 Å². The Labute approximate surface area is 164 Å². The number of aryl methyl sites for hydroxylation is 2. The number of piperazine rings is 1. The van der Waals surface area contributed by atoms with E-state index in [1.807, 2.05) is 43.0 Å². The maximum absolute atomic E-state index is 12.7. The molecule has 2 aromatic rings. The average molecular weight is 386 g/mol. The fourth-order valence-corrected chi connectivity index (χ4v) is 3.53. The van der Waals surface area contributed by atoms with Crippen LogP contribution < -0.4 is 5.32 Å². The van der Waals surface area contributed by atoms with E-state index in [-0.39, 0.29) is 18.4 Å². The lowest BCUT2D eigenvalue weighted by atomic mass is 10.1. The number of carbonyl (C=O) groups excluding carboxylic acids is 2. The van der Waals surface area contributed by atoms with Gasteiger partial charge in [-0.15, -0.1) is 0 Å². The Morgan fingerprint density at radius 3 is 2.26 bits per heavy atom. The summed E-state index contributed by atoms with van der Waals surface area (Å²) in [5, 5.41) is 3.36. The zero-order valence-electron chi connectivity index (χ0n) is 15.7. The number of nitrogens with zero attached hydrogens (tertiary/aromatic N) is 2. The van der Waals surface area contributed by atoms with E-state index in [2.05, 4.69) is 16.3 Å². The molecule has 0 unspecified atom stereocenters. The molecule has 1 N–H and O–H groups in total. The van der Waals surface area contributed by atoms with Gasteiger partial charge in [-0.25, -0.2) is 0 Å². The summed E-state index contributed by atoms with van der Waals surface area (Å²) < 4.78 is 0. The van der Waals surface area contributed by atoms with Crippen molar-refractivity contribution in [3.05, 3.63) is 64.2 Å². The summed E-state index contributed by atoms with van der Waals surface area (Å²) in [7, 11) is 0. The van der Waals surface area contributed by atoms with Crippen molar-refractivity contribution in [3.8, 4) is 0 Å². The molecule has 1 saturated heterocycles. The van der Waals surface area contributed by atoms with Gasteiger partial charge in [0.2, 0.25) is 5.91 Å². The summed E-state index contributed by atoms with van der Waals surface area (Å²) in [5.74, 6) is -0.0424. The predicted molar refractivity (Wildman–Crippen MR) is 108 cm³/mol. The molecule has 0 atom stereocenters. The predicted octanol–water partition coefficient (Wildman–Crippen LogP) is 3.35. The molecule has 0 spiro atoms. The largest absolute Gasteiger partial charge is 0.336 e. The lowest BCUT2D eigenvalue weighted by Gasteiger charge is -2.34. The highest BCUT2D eigenvalue weighted by molar-refractivity contribution is 6.33. The normalized spacial score (nSPS) is 14.9. The lowest BCUT2D eigenvalue weighted by Crippen LogP contribution is -2.50. The smallest absolute Gasteiger partial charge is 0.253 e. The molecule has 1 heterocycles. The number of amides is 2. The zero-order valence-corrected chi connectivity index (χ0v) is 16.4. The Hall–Kier alpha value is -2.37. The maximum Gasteiger partial charge on any atom is 0.253 e. The topological polar surface area (TPSA) is 52.7 Å². The van der Waals surface area contributed by atoms with Gasteiger partial charge >= 0.3 is 0 Å². The molecule has 6 heteroatoms. The SMILES string of the molecule is Cc1cc(C)cc(C(=O)N2CCN(CC(=O)Nc3ccccc3Cl)CC2)c1. The third kappa shape index (κ3) is 5.08. The number of para-hydroxylation sites is 1. The molecule has 1 aliphatic heterocycles. The van der Waals surface area contributed by atoms with Gasteiger partial charge in [-0.05, 0) is 38.1 Å². The van der Waals surface area contributed by atoms with E-state index < -0.39 is 0 Å². The van der Waals surface area contributed by atoms with Crippen LogP contribution >= 0.6 is 11.6 Å². The molecule has 2 amide bonds. The quantitative estimate of drug-likeness (QED) is 0.878. The molecular formula is C21H24ClN3O2. The minimum atomic E-state index is -0.0998. The first-order valence-corrected chi connectivity index (χ1v) is 9.44. The number of halogens is 1. The van der Waals surface area contributed by atoms with E-state index in [1.54, 1.807) is 12.1 Å². The Morgan fingerprint density at radius 1 is 1.00 bits per heavy atom. The number of nitrogens with one attached hydrogen (secondary N) is 1. The molecule has 0 bridgehead atoms. The van der Waals surface area contributed by atoms with Gasteiger partial charge in [0.15, 0.2) is 0 Å². The van der Waals surface area contributed by atoms with Crippen LogP contribution in [-0.2, 0) is 4.79 Å². The van der Waals surface area contributed by atoms with Crippen molar-refractivity contribution in [3.63, 3.8) is 0 Å². The number of anilines is 1. The van der Waals surface area contributed by atoms with Crippen molar-refractivity contribution in [1.29, 1.82) is 0 Å². The lowest BCUT2D eigenvalue weighted by molar-refractivity contribution is -0.117. The van der Waals surface area contributed by atoms with Crippen LogP contribution in [0.1, 0.15) is 21.5 Å². The maximum atomic E-state index is 12.7. The van der Waals surface area contributed by atoms with Gasteiger partial charge in [0.1, 0.15) is 0 Å². The second-order valence-electron chi connectivity index (χ2n) is 6.97. The van der Waals surface area contributed by atoms with Gasteiger partial charge in [-0.1, -0.05) is 40.9 Å². The summed E-state index contributed by atoms with van der Waals surface area (Å²) in [4.78, 5) is 28.9. The van der Waals surface area contributed by atoms with Gasteiger partial charge in [0.05, 0.1) is 17.3 Å². The van der Waals surface area contributed by atoms with Crippen LogP contribution in [0.15, 0.2) is 42.5 Å². The van der Waals surface area contributed by atoms with Crippen LogP contribution in [0.25, 0.3) is 0 Å². The van der Waals surface area contributed by atoms with Gasteiger partial charge in [-0.3, -0.25) is 14.5 Å². The summed E-state index contributed by atoms with van der Waals surface area (Å²) in [6.07, 6.45) is 0. The van der Waals surface area contributed by atoms with E-state index in [1.165, 1.54) is 0 Å². The Balaban J connectivity index is 1.52. The third-order valence-electron chi connectivity index (χ3n) is 4.64. The molecule has 1 fully saturated rings. The number of carbonyl (C=O) groups is 2. The molecule has 0 aromatic heterocycles. The van der Waals surface area contributed by atoms with Crippen LogP contribution in [0, 0.1) is 13.8 Å². The Morgan fingerprint density at radius 2 is 1.63 bits per heavy atom. The van der Waals surface area contributed by atoms with Gasteiger partial charge in [-0.2, -0.15) is 0 Å². The minimum Gasteiger partial charge on any atom is -0.336 e. The van der Waals surface area contributed by atoms with E-state index >= 15 is 0 Å². The summed E-state index contributed by atoms with van der Waals surface area (Å²) >= 11 is 6.07. The molecule has 27 heavy (non-hydrogen) atoms. The van der Waals surface area contributed by atoms with Crippen molar-refractivity contribution >= 4 is 29.1 Å². The van der Waals surface area contributed by atoms with Crippen LogP contribution in [0.5, 0.6) is 0 Å². The van der Waals surface area contributed by atoms with E-state index in [4.69, 9.17) is 11.6 Å². The average Bonchev–Trinajstić information content (AvgIpc) is 2.63. The van der Waals surface area contributed by atoms with Crippen molar-refractivity contribution < 1.29 is 9.59 Å². The first-order valence-electron chi connectivity index (χ1n) is 9.06. The minimum absolute atomic E-state index is 0.0574. The van der Waals surface area contributed by atoms with Crippen molar-refractivity contribution in [2.75, 3.05) is 38.0 Å². The molecule has 5 nitrogen and oxygen atoms in total. The molecule has 0 radical (unpaired) electrons. The van der Waals surface area contributed by atoms with Crippen LogP contribution in [0.2, 0.25) is 5.02 Å². The third-order valence-corrected chi connectivity index (χ3v) is 4.97. The van der Waals surface area contributed by atoms with E-state index in [0.717, 1.165) is 16.7 Å². The van der Waals surface area contributed by atoms with Crippen molar-refractivity contribution in [2.45, 2.75) is 13.8 Å². The highest BCUT2D eigenvalue weighted by Gasteiger charge is 2.23.